The maximum absolute atomic E-state index is 12.8. The van der Waals surface area contributed by atoms with Crippen LogP contribution in [0.3, 0.4) is 0 Å². The van der Waals surface area contributed by atoms with E-state index < -0.39 is 0 Å². The van der Waals surface area contributed by atoms with Crippen molar-refractivity contribution in [2.45, 2.75) is 25.1 Å². The number of halogens is 1. The topological polar surface area (TPSA) is 49.4 Å². The van der Waals surface area contributed by atoms with Gasteiger partial charge < -0.3 is 5.32 Å². The summed E-state index contributed by atoms with van der Waals surface area (Å²) in [6.45, 7) is 2.14. The van der Waals surface area contributed by atoms with Crippen molar-refractivity contribution < 1.29 is 9.59 Å². The van der Waals surface area contributed by atoms with Crippen LogP contribution in [0.5, 0.6) is 0 Å². The minimum absolute atomic E-state index is 0.0844. The summed E-state index contributed by atoms with van der Waals surface area (Å²) in [4.78, 5) is 27.2. The maximum Gasteiger partial charge on any atom is 0.257 e. The van der Waals surface area contributed by atoms with Gasteiger partial charge in [0.2, 0.25) is 5.91 Å². The molecule has 1 heterocycles. The average molecular weight is 451 g/mol. The third-order valence-electron chi connectivity index (χ3n) is 5.21. The zero-order valence-corrected chi connectivity index (χ0v) is 18.7. The maximum atomic E-state index is 12.8. The minimum Gasteiger partial charge on any atom is -0.322 e. The second kappa shape index (κ2) is 9.58. The highest BCUT2D eigenvalue weighted by Gasteiger charge is 2.35. The van der Waals surface area contributed by atoms with Crippen molar-refractivity contribution in [2.75, 3.05) is 16.0 Å². The summed E-state index contributed by atoms with van der Waals surface area (Å²) >= 11 is 7.74. The number of carbonyl (C=O) groups excluding carboxylic acids is 2. The van der Waals surface area contributed by atoms with Crippen LogP contribution in [-0.4, -0.2) is 17.6 Å². The van der Waals surface area contributed by atoms with Gasteiger partial charge >= 0.3 is 0 Å². The van der Waals surface area contributed by atoms with E-state index in [2.05, 4.69) is 18.3 Å². The smallest absolute Gasteiger partial charge is 0.257 e. The summed E-state index contributed by atoms with van der Waals surface area (Å²) in [5.41, 5.74) is 4.32. The summed E-state index contributed by atoms with van der Waals surface area (Å²) < 4.78 is 0. The molecule has 1 saturated heterocycles. The summed E-state index contributed by atoms with van der Waals surface area (Å²) in [5.74, 6) is 0.324. The monoisotopic (exact) mass is 450 g/mol. The zero-order chi connectivity index (χ0) is 21.8. The molecule has 1 aliphatic rings. The molecule has 2 amide bonds. The molecule has 0 aromatic heterocycles. The Morgan fingerprint density at radius 1 is 1.06 bits per heavy atom. The van der Waals surface area contributed by atoms with E-state index >= 15 is 0 Å². The predicted octanol–water partition coefficient (Wildman–Crippen LogP) is 6.32. The molecule has 1 fully saturated rings. The van der Waals surface area contributed by atoms with E-state index in [1.54, 1.807) is 36.0 Å². The fourth-order valence-electron chi connectivity index (χ4n) is 3.73. The van der Waals surface area contributed by atoms with Crippen LogP contribution < -0.4 is 10.2 Å². The Labute approximate surface area is 191 Å². The normalized spacial score (nSPS) is 15.9. The lowest BCUT2D eigenvalue weighted by molar-refractivity contribution is -0.115. The van der Waals surface area contributed by atoms with Crippen LogP contribution in [0.1, 0.15) is 40.2 Å². The number of rotatable bonds is 6. The molecule has 4 nitrogen and oxygen atoms in total. The van der Waals surface area contributed by atoms with Crippen molar-refractivity contribution in [1.82, 2.24) is 0 Å². The van der Waals surface area contributed by atoms with E-state index in [-0.39, 0.29) is 17.2 Å². The molecule has 0 radical (unpaired) electrons. The SMILES string of the molecule is CCCc1ccccc1N1C(=O)CSC1c1ccc(NC(=O)c2ccccc2Cl)cc1. The fourth-order valence-corrected chi connectivity index (χ4v) is 5.12. The van der Waals surface area contributed by atoms with E-state index in [1.807, 2.05) is 47.4 Å². The third-order valence-corrected chi connectivity index (χ3v) is 6.75. The lowest BCUT2D eigenvalue weighted by Crippen LogP contribution is -2.28. The Hall–Kier alpha value is -2.76. The Balaban J connectivity index is 1.55. The quantitative estimate of drug-likeness (QED) is 0.477. The van der Waals surface area contributed by atoms with Gasteiger partial charge in [-0.1, -0.05) is 67.4 Å². The Bertz CT molecular complexity index is 1100. The Morgan fingerprint density at radius 3 is 2.52 bits per heavy atom. The first-order valence-electron chi connectivity index (χ1n) is 10.3. The van der Waals surface area contributed by atoms with Gasteiger partial charge in [0.25, 0.3) is 5.91 Å². The Morgan fingerprint density at radius 2 is 1.77 bits per heavy atom. The summed E-state index contributed by atoms with van der Waals surface area (Å²) in [7, 11) is 0. The number of hydrogen-bond acceptors (Lipinski definition) is 3. The molecule has 0 bridgehead atoms. The minimum atomic E-state index is -0.251. The summed E-state index contributed by atoms with van der Waals surface area (Å²) in [5, 5.41) is 3.21. The first kappa shape index (κ1) is 21.5. The molecule has 31 heavy (non-hydrogen) atoms. The highest BCUT2D eigenvalue weighted by molar-refractivity contribution is 8.00. The van der Waals surface area contributed by atoms with Crippen LogP contribution in [0.15, 0.2) is 72.8 Å². The lowest BCUT2D eigenvalue weighted by Gasteiger charge is -2.26. The van der Waals surface area contributed by atoms with Gasteiger partial charge in [0.15, 0.2) is 0 Å². The number of para-hydroxylation sites is 1. The van der Waals surface area contributed by atoms with Crippen LogP contribution in [0.2, 0.25) is 5.02 Å². The second-order valence-corrected chi connectivity index (χ2v) is 8.84. The number of hydrogen-bond donors (Lipinski definition) is 1. The average Bonchev–Trinajstić information content (AvgIpc) is 3.16. The number of aryl methyl sites for hydroxylation is 1. The first-order chi connectivity index (χ1) is 15.1. The number of amides is 2. The van der Waals surface area contributed by atoms with Gasteiger partial charge in [-0.25, -0.2) is 0 Å². The van der Waals surface area contributed by atoms with E-state index in [9.17, 15) is 9.59 Å². The number of nitrogens with zero attached hydrogens (tertiary/aromatic N) is 1. The zero-order valence-electron chi connectivity index (χ0n) is 17.2. The number of nitrogens with one attached hydrogen (secondary N) is 1. The predicted molar refractivity (Wildman–Crippen MR) is 129 cm³/mol. The molecule has 1 aliphatic heterocycles. The standard InChI is InChI=1S/C25H23ClN2O2S/c1-2-7-17-8-3-6-11-22(17)28-23(29)16-31-25(28)18-12-14-19(15-13-18)27-24(30)20-9-4-5-10-21(20)26/h3-6,8-15,25H,2,7,16H2,1H3,(H,27,30). The molecule has 0 spiro atoms. The van der Waals surface area contributed by atoms with Gasteiger partial charge in [-0.2, -0.15) is 0 Å². The van der Waals surface area contributed by atoms with Crippen LogP contribution in [-0.2, 0) is 11.2 Å². The van der Waals surface area contributed by atoms with Crippen LogP contribution >= 0.6 is 23.4 Å². The van der Waals surface area contributed by atoms with Crippen molar-refractivity contribution in [2.24, 2.45) is 0 Å². The molecule has 6 heteroatoms. The first-order valence-corrected chi connectivity index (χ1v) is 11.7. The number of thioether (sulfide) groups is 1. The van der Waals surface area contributed by atoms with E-state index in [0.717, 1.165) is 24.1 Å². The van der Waals surface area contributed by atoms with Crippen molar-refractivity contribution in [1.29, 1.82) is 0 Å². The van der Waals surface area contributed by atoms with Gasteiger partial charge in [-0.15, -0.1) is 11.8 Å². The lowest BCUT2D eigenvalue weighted by atomic mass is 10.1. The third kappa shape index (κ3) is 4.63. The molecule has 3 aromatic carbocycles. The van der Waals surface area contributed by atoms with Crippen molar-refractivity contribution in [3.8, 4) is 0 Å². The highest BCUT2D eigenvalue weighted by atomic mass is 35.5. The molecular weight excluding hydrogens is 428 g/mol. The fraction of sp³-hybridized carbons (Fsp3) is 0.200. The van der Waals surface area contributed by atoms with Crippen LogP contribution in [0, 0.1) is 0 Å². The van der Waals surface area contributed by atoms with Gasteiger partial charge in [0.1, 0.15) is 5.37 Å². The van der Waals surface area contributed by atoms with Crippen molar-refractivity contribution in [3.05, 3.63) is 94.5 Å². The number of carbonyl (C=O) groups is 2. The molecule has 0 saturated carbocycles. The van der Waals surface area contributed by atoms with Crippen molar-refractivity contribution in [3.63, 3.8) is 0 Å². The molecule has 1 N–H and O–H groups in total. The molecule has 1 unspecified atom stereocenters. The van der Waals surface area contributed by atoms with Crippen molar-refractivity contribution >= 4 is 46.6 Å². The van der Waals surface area contributed by atoms with Crippen LogP contribution in [0.4, 0.5) is 11.4 Å². The largest absolute Gasteiger partial charge is 0.322 e. The molecule has 158 valence electrons. The molecule has 1 atom stereocenters. The van der Waals surface area contributed by atoms with Gasteiger partial charge in [-0.3, -0.25) is 14.5 Å². The molecule has 4 rings (SSSR count). The van der Waals surface area contributed by atoms with Gasteiger partial charge in [-0.05, 0) is 47.9 Å². The second-order valence-electron chi connectivity index (χ2n) is 7.36. The van der Waals surface area contributed by atoms with Gasteiger partial charge in [0, 0.05) is 11.4 Å². The van der Waals surface area contributed by atoms with E-state index in [0.29, 0.717) is 22.0 Å². The number of benzene rings is 3. The van der Waals surface area contributed by atoms with Crippen LogP contribution in [0.25, 0.3) is 0 Å². The molecule has 0 aliphatic carbocycles. The molecular formula is C25H23ClN2O2S. The van der Waals surface area contributed by atoms with E-state index in [1.165, 1.54) is 5.56 Å². The Kier molecular flexibility index (Phi) is 6.64. The van der Waals surface area contributed by atoms with E-state index in [4.69, 9.17) is 11.6 Å². The summed E-state index contributed by atoms with van der Waals surface area (Å²) in [6.07, 6.45) is 1.96. The number of anilines is 2. The van der Waals surface area contributed by atoms with Gasteiger partial charge in [0.05, 0.1) is 16.3 Å². The highest BCUT2D eigenvalue weighted by Crippen LogP contribution is 2.43. The summed E-state index contributed by atoms with van der Waals surface area (Å²) in [6, 6.07) is 22.7. The molecule has 3 aromatic rings.